The number of hydrogen-bond donors (Lipinski definition) is 0. The van der Waals surface area contributed by atoms with Crippen molar-refractivity contribution in [3.63, 3.8) is 0 Å². The largest absolute Gasteiger partial charge is 0.465 e. The van der Waals surface area contributed by atoms with Gasteiger partial charge < -0.3 is 4.74 Å². The SMILES string of the molecule is CCOC(=O)[C@@H]1c2ccccc2CN1C. The van der Waals surface area contributed by atoms with Gasteiger partial charge in [-0.05, 0) is 25.1 Å². The van der Waals surface area contributed by atoms with Crippen LogP contribution >= 0.6 is 0 Å². The Morgan fingerprint density at radius 2 is 2.27 bits per heavy atom. The van der Waals surface area contributed by atoms with Crippen molar-refractivity contribution in [3.8, 4) is 0 Å². The third-order valence-electron chi connectivity index (χ3n) is 2.72. The van der Waals surface area contributed by atoms with Gasteiger partial charge >= 0.3 is 5.97 Å². The number of likely N-dealkylation sites (N-methyl/N-ethyl adjacent to an activating group) is 1. The minimum atomic E-state index is -0.221. The lowest BCUT2D eigenvalue weighted by Crippen LogP contribution is -2.26. The smallest absolute Gasteiger partial charge is 0.328 e. The highest BCUT2D eigenvalue weighted by Gasteiger charge is 2.33. The molecule has 3 nitrogen and oxygen atoms in total. The summed E-state index contributed by atoms with van der Waals surface area (Å²) in [5, 5.41) is 0. The standard InChI is InChI=1S/C12H15NO2/c1-3-15-12(14)11-10-7-5-4-6-9(10)8-13(11)2/h4-7,11H,3,8H2,1-2H3/t11-/m0/s1. The van der Waals surface area contributed by atoms with Crippen LogP contribution in [-0.2, 0) is 16.1 Å². The molecule has 0 unspecified atom stereocenters. The zero-order valence-corrected chi connectivity index (χ0v) is 9.06. The van der Waals surface area contributed by atoms with Crippen LogP contribution in [0.5, 0.6) is 0 Å². The van der Waals surface area contributed by atoms with Crippen LogP contribution in [0.1, 0.15) is 24.1 Å². The summed E-state index contributed by atoms with van der Waals surface area (Å²) in [6.45, 7) is 3.09. The minimum Gasteiger partial charge on any atom is -0.465 e. The molecule has 1 aromatic carbocycles. The van der Waals surface area contributed by atoms with Crippen LogP contribution in [0.15, 0.2) is 24.3 Å². The molecule has 0 fully saturated rings. The number of fused-ring (bicyclic) bond motifs is 1. The van der Waals surface area contributed by atoms with E-state index in [1.165, 1.54) is 5.56 Å². The number of nitrogens with zero attached hydrogens (tertiary/aromatic N) is 1. The second kappa shape index (κ2) is 4.03. The Hall–Kier alpha value is -1.35. The molecule has 0 saturated heterocycles. The first-order chi connectivity index (χ1) is 7.24. The van der Waals surface area contributed by atoms with E-state index >= 15 is 0 Å². The van der Waals surface area contributed by atoms with Crippen molar-refractivity contribution in [1.29, 1.82) is 0 Å². The molecule has 15 heavy (non-hydrogen) atoms. The molecule has 0 spiro atoms. The van der Waals surface area contributed by atoms with Crippen LogP contribution in [0.25, 0.3) is 0 Å². The monoisotopic (exact) mass is 205 g/mol. The maximum atomic E-state index is 11.8. The fourth-order valence-electron chi connectivity index (χ4n) is 2.07. The highest BCUT2D eigenvalue weighted by Crippen LogP contribution is 2.32. The zero-order valence-electron chi connectivity index (χ0n) is 9.06. The molecule has 1 heterocycles. The van der Waals surface area contributed by atoms with Gasteiger partial charge in [0.25, 0.3) is 0 Å². The first kappa shape index (κ1) is 10.2. The molecule has 0 aromatic heterocycles. The van der Waals surface area contributed by atoms with E-state index in [0.717, 1.165) is 12.1 Å². The van der Waals surface area contributed by atoms with E-state index in [9.17, 15) is 4.79 Å². The number of hydrogen-bond acceptors (Lipinski definition) is 3. The van der Waals surface area contributed by atoms with E-state index < -0.39 is 0 Å². The van der Waals surface area contributed by atoms with Crippen LogP contribution in [-0.4, -0.2) is 24.5 Å². The summed E-state index contributed by atoms with van der Waals surface area (Å²) in [5.74, 6) is -0.148. The van der Waals surface area contributed by atoms with Crippen molar-refractivity contribution in [2.24, 2.45) is 0 Å². The van der Waals surface area contributed by atoms with Gasteiger partial charge in [0.1, 0.15) is 6.04 Å². The van der Waals surface area contributed by atoms with Crippen molar-refractivity contribution in [3.05, 3.63) is 35.4 Å². The van der Waals surface area contributed by atoms with E-state index in [1.807, 2.05) is 37.1 Å². The van der Waals surface area contributed by atoms with Crippen LogP contribution in [0.2, 0.25) is 0 Å². The van der Waals surface area contributed by atoms with Gasteiger partial charge in [-0.25, -0.2) is 4.79 Å². The lowest BCUT2D eigenvalue weighted by Gasteiger charge is -2.18. The fourth-order valence-corrected chi connectivity index (χ4v) is 2.07. The summed E-state index contributed by atoms with van der Waals surface area (Å²) in [6, 6.07) is 7.80. The van der Waals surface area contributed by atoms with Crippen LogP contribution in [0.4, 0.5) is 0 Å². The fraction of sp³-hybridized carbons (Fsp3) is 0.417. The Labute approximate surface area is 89.7 Å². The summed E-state index contributed by atoms with van der Waals surface area (Å²) in [7, 11) is 1.95. The van der Waals surface area contributed by atoms with Gasteiger partial charge in [-0.3, -0.25) is 4.90 Å². The van der Waals surface area contributed by atoms with Crippen LogP contribution in [0.3, 0.4) is 0 Å². The van der Waals surface area contributed by atoms with Gasteiger partial charge in [0.05, 0.1) is 6.61 Å². The molecular formula is C12H15NO2. The molecule has 1 aliphatic rings. The van der Waals surface area contributed by atoms with E-state index in [2.05, 4.69) is 6.07 Å². The predicted octanol–water partition coefficient (Wildman–Crippen LogP) is 1.74. The third kappa shape index (κ3) is 1.75. The molecule has 1 aliphatic heterocycles. The number of esters is 1. The second-order valence-electron chi connectivity index (χ2n) is 3.77. The summed E-state index contributed by atoms with van der Waals surface area (Å²) in [6.07, 6.45) is 0. The highest BCUT2D eigenvalue weighted by atomic mass is 16.5. The van der Waals surface area contributed by atoms with Crippen LogP contribution in [0, 0.1) is 0 Å². The first-order valence-corrected chi connectivity index (χ1v) is 5.18. The molecule has 1 aromatic rings. The summed E-state index contributed by atoms with van der Waals surface area (Å²) >= 11 is 0. The molecule has 0 radical (unpaired) electrons. The van der Waals surface area contributed by atoms with Crippen molar-refractivity contribution < 1.29 is 9.53 Å². The molecule has 80 valence electrons. The zero-order chi connectivity index (χ0) is 10.8. The molecule has 0 N–H and O–H groups in total. The van der Waals surface area contributed by atoms with Gasteiger partial charge in [0, 0.05) is 6.54 Å². The van der Waals surface area contributed by atoms with E-state index in [0.29, 0.717) is 6.61 Å². The third-order valence-corrected chi connectivity index (χ3v) is 2.72. The van der Waals surface area contributed by atoms with Gasteiger partial charge in [0.2, 0.25) is 0 Å². The molecule has 2 rings (SSSR count). The molecule has 1 atom stereocenters. The van der Waals surface area contributed by atoms with Crippen molar-refractivity contribution in [2.45, 2.75) is 19.5 Å². The van der Waals surface area contributed by atoms with Gasteiger partial charge in [0.15, 0.2) is 0 Å². The minimum absolute atomic E-state index is 0.148. The van der Waals surface area contributed by atoms with Gasteiger partial charge in [-0.1, -0.05) is 24.3 Å². The van der Waals surface area contributed by atoms with Gasteiger partial charge in [-0.2, -0.15) is 0 Å². The van der Waals surface area contributed by atoms with Gasteiger partial charge in [-0.15, -0.1) is 0 Å². The molecular weight excluding hydrogens is 190 g/mol. The normalized spacial score (nSPS) is 20.0. The second-order valence-corrected chi connectivity index (χ2v) is 3.77. The molecule has 0 bridgehead atoms. The molecule has 0 aliphatic carbocycles. The average molecular weight is 205 g/mol. The number of carbonyl (C=O) groups is 1. The Balaban J connectivity index is 2.29. The molecule has 0 saturated carbocycles. The lowest BCUT2D eigenvalue weighted by atomic mass is 10.1. The quantitative estimate of drug-likeness (QED) is 0.689. The molecule has 3 heteroatoms. The first-order valence-electron chi connectivity index (χ1n) is 5.18. The maximum Gasteiger partial charge on any atom is 0.328 e. The van der Waals surface area contributed by atoms with Crippen molar-refractivity contribution in [2.75, 3.05) is 13.7 Å². The summed E-state index contributed by atoms with van der Waals surface area (Å²) in [4.78, 5) is 13.8. The number of ether oxygens (including phenoxy) is 1. The van der Waals surface area contributed by atoms with E-state index in [-0.39, 0.29) is 12.0 Å². The number of benzene rings is 1. The van der Waals surface area contributed by atoms with Crippen molar-refractivity contribution >= 4 is 5.97 Å². The van der Waals surface area contributed by atoms with Crippen LogP contribution < -0.4 is 0 Å². The Bertz CT molecular complexity index is 376. The van der Waals surface area contributed by atoms with E-state index in [1.54, 1.807) is 0 Å². The number of rotatable bonds is 2. The maximum absolute atomic E-state index is 11.8. The Morgan fingerprint density at radius 3 is 3.00 bits per heavy atom. The Kier molecular flexibility index (Phi) is 2.73. The van der Waals surface area contributed by atoms with E-state index in [4.69, 9.17) is 4.74 Å². The number of carbonyl (C=O) groups excluding carboxylic acids is 1. The highest BCUT2D eigenvalue weighted by molar-refractivity contribution is 5.79. The predicted molar refractivity (Wildman–Crippen MR) is 57.3 cm³/mol. The van der Waals surface area contributed by atoms with Crippen molar-refractivity contribution in [1.82, 2.24) is 4.90 Å². The lowest BCUT2D eigenvalue weighted by molar-refractivity contribution is -0.148. The average Bonchev–Trinajstić information content (AvgIpc) is 2.54. The summed E-state index contributed by atoms with van der Waals surface area (Å²) < 4.78 is 5.07. The Morgan fingerprint density at radius 1 is 1.53 bits per heavy atom. The molecule has 0 amide bonds. The summed E-state index contributed by atoms with van der Waals surface area (Å²) in [5.41, 5.74) is 2.30. The topological polar surface area (TPSA) is 29.5 Å².